The maximum atomic E-state index is 12.3. The minimum atomic E-state index is 0.0174. The number of aliphatic hydroxyl groups excluding tert-OH is 1. The second kappa shape index (κ2) is 8.02. The Hall–Kier alpha value is -1.39. The van der Waals surface area contributed by atoms with E-state index in [0.29, 0.717) is 25.4 Å². The van der Waals surface area contributed by atoms with Crippen molar-refractivity contribution in [2.45, 2.75) is 25.8 Å². The number of carbonyl (C=O) groups is 1. The van der Waals surface area contributed by atoms with E-state index >= 15 is 0 Å². The maximum absolute atomic E-state index is 12.3. The molecule has 0 bridgehead atoms. The van der Waals surface area contributed by atoms with Crippen LogP contribution in [0.25, 0.3) is 0 Å². The summed E-state index contributed by atoms with van der Waals surface area (Å²) < 4.78 is 0. The van der Waals surface area contributed by atoms with Crippen molar-refractivity contribution in [1.29, 1.82) is 0 Å². The summed E-state index contributed by atoms with van der Waals surface area (Å²) in [5.41, 5.74) is 1.11. The third-order valence-corrected chi connectivity index (χ3v) is 3.87. The number of nitrogens with one attached hydrogen (secondary N) is 1. The van der Waals surface area contributed by atoms with Crippen LogP contribution in [0.5, 0.6) is 0 Å². The van der Waals surface area contributed by atoms with Crippen LogP contribution in [-0.2, 0) is 11.3 Å². The van der Waals surface area contributed by atoms with Gasteiger partial charge in [-0.05, 0) is 37.4 Å². The minimum Gasteiger partial charge on any atom is -0.395 e. The van der Waals surface area contributed by atoms with Crippen LogP contribution >= 0.6 is 0 Å². The number of nitrogens with zero attached hydrogens (tertiary/aromatic N) is 1. The molecule has 20 heavy (non-hydrogen) atoms. The predicted octanol–water partition coefficient (Wildman–Crippen LogP) is 1.40. The van der Waals surface area contributed by atoms with E-state index in [9.17, 15) is 4.79 Å². The SMILES string of the molecule is O=C(CCC1CCNC1)N(CCO)Cc1ccccc1. The maximum Gasteiger partial charge on any atom is 0.222 e. The number of hydrogen-bond donors (Lipinski definition) is 2. The van der Waals surface area contributed by atoms with Crippen LogP contribution < -0.4 is 5.32 Å². The highest BCUT2D eigenvalue weighted by Gasteiger charge is 2.18. The van der Waals surface area contributed by atoms with Gasteiger partial charge in [0.15, 0.2) is 0 Å². The number of amides is 1. The summed E-state index contributed by atoms with van der Waals surface area (Å²) >= 11 is 0. The molecule has 0 radical (unpaired) electrons. The van der Waals surface area contributed by atoms with Crippen LogP contribution in [-0.4, -0.2) is 42.2 Å². The van der Waals surface area contributed by atoms with E-state index in [2.05, 4.69) is 5.32 Å². The third-order valence-electron chi connectivity index (χ3n) is 3.87. The molecule has 1 aromatic rings. The lowest BCUT2D eigenvalue weighted by atomic mass is 10.0. The van der Waals surface area contributed by atoms with Gasteiger partial charge in [0, 0.05) is 19.5 Å². The highest BCUT2D eigenvalue weighted by molar-refractivity contribution is 5.76. The van der Waals surface area contributed by atoms with Crippen molar-refractivity contribution < 1.29 is 9.90 Å². The van der Waals surface area contributed by atoms with Gasteiger partial charge in [-0.25, -0.2) is 0 Å². The van der Waals surface area contributed by atoms with Crippen molar-refractivity contribution in [3.05, 3.63) is 35.9 Å². The Morgan fingerprint density at radius 2 is 2.15 bits per heavy atom. The summed E-state index contributed by atoms with van der Waals surface area (Å²) in [6.07, 6.45) is 2.70. The van der Waals surface area contributed by atoms with E-state index in [1.807, 2.05) is 30.3 Å². The number of carbonyl (C=O) groups excluding carboxylic acids is 1. The quantitative estimate of drug-likeness (QED) is 0.791. The monoisotopic (exact) mass is 276 g/mol. The van der Waals surface area contributed by atoms with E-state index < -0.39 is 0 Å². The Morgan fingerprint density at radius 1 is 1.35 bits per heavy atom. The van der Waals surface area contributed by atoms with Crippen molar-refractivity contribution in [3.8, 4) is 0 Å². The lowest BCUT2D eigenvalue weighted by Gasteiger charge is -2.22. The third kappa shape index (κ3) is 4.62. The Labute approximate surface area is 120 Å². The minimum absolute atomic E-state index is 0.0174. The molecular formula is C16H24N2O2. The predicted molar refractivity (Wildman–Crippen MR) is 79.2 cm³/mol. The summed E-state index contributed by atoms with van der Waals surface area (Å²) in [5, 5.41) is 12.5. The van der Waals surface area contributed by atoms with E-state index in [1.165, 1.54) is 6.42 Å². The number of rotatable bonds is 7. The molecule has 4 nitrogen and oxygen atoms in total. The molecule has 1 heterocycles. The molecule has 1 fully saturated rings. The Balaban J connectivity index is 1.84. The Kier molecular flexibility index (Phi) is 6.02. The summed E-state index contributed by atoms with van der Waals surface area (Å²) in [4.78, 5) is 14.1. The standard InChI is InChI=1S/C16H24N2O2/c19-11-10-18(13-15-4-2-1-3-5-15)16(20)7-6-14-8-9-17-12-14/h1-5,14,17,19H,6-13H2. The first-order valence-corrected chi connectivity index (χ1v) is 7.43. The highest BCUT2D eigenvalue weighted by atomic mass is 16.3. The molecular weight excluding hydrogens is 252 g/mol. The van der Waals surface area contributed by atoms with Gasteiger partial charge >= 0.3 is 0 Å². The molecule has 2 rings (SSSR count). The van der Waals surface area contributed by atoms with Crippen LogP contribution in [0.4, 0.5) is 0 Å². The van der Waals surface area contributed by atoms with Crippen molar-refractivity contribution in [2.24, 2.45) is 5.92 Å². The molecule has 0 aliphatic carbocycles. The topological polar surface area (TPSA) is 52.6 Å². The smallest absolute Gasteiger partial charge is 0.222 e. The largest absolute Gasteiger partial charge is 0.395 e. The second-order valence-electron chi connectivity index (χ2n) is 5.42. The van der Waals surface area contributed by atoms with E-state index in [0.717, 1.165) is 25.1 Å². The first kappa shape index (κ1) is 15.0. The first-order valence-electron chi connectivity index (χ1n) is 7.43. The molecule has 0 saturated carbocycles. The zero-order chi connectivity index (χ0) is 14.2. The molecule has 1 amide bonds. The van der Waals surface area contributed by atoms with Crippen molar-refractivity contribution >= 4 is 5.91 Å². The molecule has 1 aliphatic heterocycles. The summed E-state index contributed by atoms with van der Waals surface area (Å²) in [6.45, 7) is 3.12. The molecule has 110 valence electrons. The fraction of sp³-hybridized carbons (Fsp3) is 0.562. The van der Waals surface area contributed by atoms with Gasteiger partial charge in [-0.3, -0.25) is 4.79 Å². The summed E-state index contributed by atoms with van der Waals surface area (Å²) in [6, 6.07) is 9.94. The summed E-state index contributed by atoms with van der Waals surface area (Å²) in [7, 11) is 0. The van der Waals surface area contributed by atoms with Gasteiger partial charge in [-0.2, -0.15) is 0 Å². The van der Waals surface area contributed by atoms with Gasteiger partial charge in [0.05, 0.1) is 6.61 Å². The molecule has 1 saturated heterocycles. The van der Waals surface area contributed by atoms with Crippen LogP contribution in [0.3, 0.4) is 0 Å². The highest BCUT2D eigenvalue weighted by Crippen LogP contribution is 2.16. The average molecular weight is 276 g/mol. The van der Waals surface area contributed by atoms with Crippen LogP contribution in [0.1, 0.15) is 24.8 Å². The lowest BCUT2D eigenvalue weighted by molar-refractivity contribution is -0.132. The van der Waals surface area contributed by atoms with Crippen LogP contribution in [0, 0.1) is 5.92 Å². The van der Waals surface area contributed by atoms with E-state index in [1.54, 1.807) is 4.90 Å². The van der Waals surface area contributed by atoms with Gasteiger partial charge in [-0.1, -0.05) is 30.3 Å². The normalized spacial score (nSPS) is 18.1. The molecule has 0 spiro atoms. The van der Waals surface area contributed by atoms with Crippen molar-refractivity contribution in [3.63, 3.8) is 0 Å². The van der Waals surface area contributed by atoms with E-state index in [-0.39, 0.29) is 12.5 Å². The van der Waals surface area contributed by atoms with E-state index in [4.69, 9.17) is 5.11 Å². The molecule has 1 aromatic carbocycles. The number of hydrogen-bond acceptors (Lipinski definition) is 3. The Bertz CT molecular complexity index is 402. The van der Waals surface area contributed by atoms with Gasteiger partial charge < -0.3 is 15.3 Å². The van der Waals surface area contributed by atoms with Gasteiger partial charge in [-0.15, -0.1) is 0 Å². The Morgan fingerprint density at radius 3 is 2.80 bits per heavy atom. The number of benzene rings is 1. The van der Waals surface area contributed by atoms with Gasteiger partial charge in [0.25, 0.3) is 0 Å². The van der Waals surface area contributed by atoms with Crippen molar-refractivity contribution in [2.75, 3.05) is 26.2 Å². The van der Waals surface area contributed by atoms with Crippen LogP contribution in [0.15, 0.2) is 30.3 Å². The van der Waals surface area contributed by atoms with Gasteiger partial charge in [0.2, 0.25) is 5.91 Å². The zero-order valence-corrected chi connectivity index (χ0v) is 11.9. The average Bonchev–Trinajstić information content (AvgIpc) is 2.99. The molecule has 1 unspecified atom stereocenters. The molecule has 0 aromatic heterocycles. The number of aliphatic hydroxyl groups is 1. The van der Waals surface area contributed by atoms with Crippen molar-refractivity contribution in [1.82, 2.24) is 10.2 Å². The zero-order valence-electron chi connectivity index (χ0n) is 11.9. The first-order chi connectivity index (χ1) is 9.79. The lowest BCUT2D eigenvalue weighted by Crippen LogP contribution is -2.33. The molecule has 2 N–H and O–H groups in total. The fourth-order valence-electron chi connectivity index (χ4n) is 2.66. The molecule has 4 heteroatoms. The molecule has 1 atom stereocenters. The second-order valence-corrected chi connectivity index (χ2v) is 5.42. The fourth-order valence-corrected chi connectivity index (χ4v) is 2.66. The van der Waals surface area contributed by atoms with Gasteiger partial charge in [0.1, 0.15) is 0 Å². The summed E-state index contributed by atoms with van der Waals surface area (Å²) in [5.74, 6) is 0.779. The van der Waals surface area contributed by atoms with Crippen LogP contribution in [0.2, 0.25) is 0 Å². The molecule has 1 aliphatic rings.